The summed E-state index contributed by atoms with van der Waals surface area (Å²) in [6, 6.07) is 9.50. The number of ether oxygens (including phenoxy) is 1. The van der Waals surface area contributed by atoms with E-state index < -0.39 is 12.4 Å². The maximum Gasteiger partial charge on any atom is 0.180 e. The zero-order chi connectivity index (χ0) is 9.68. The number of hydrogen-bond donors (Lipinski definition) is 2. The second kappa shape index (κ2) is 4.97. The highest BCUT2D eigenvalue weighted by Crippen LogP contribution is 2.03. The van der Waals surface area contributed by atoms with E-state index in [1.165, 1.54) is 6.92 Å². The molecule has 0 aromatic heterocycles. The molecule has 0 unspecified atom stereocenters. The third-order valence-corrected chi connectivity index (χ3v) is 1.68. The van der Waals surface area contributed by atoms with Crippen LogP contribution >= 0.6 is 0 Å². The van der Waals surface area contributed by atoms with Crippen molar-refractivity contribution < 1.29 is 14.9 Å². The van der Waals surface area contributed by atoms with Gasteiger partial charge >= 0.3 is 0 Å². The highest BCUT2D eigenvalue weighted by atomic mass is 16.6. The van der Waals surface area contributed by atoms with Gasteiger partial charge in [-0.25, -0.2) is 0 Å². The van der Waals surface area contributed by atoms with Crippen LogP contribution in [0.5, 0.6) is 0 Å². The van der Waals surface area contributed by atoms with Crippen LogP contribution < -0.4 is 0 Å². The van der Waals surface area contributed by atoms with Crippen molar-refractivity contribution in [1.82, 2.24) is 0 Å². The van der Waals surface area contributed by atoms with E-state index in [1.54, 1.807) is 0 Å². The minimum absolute atomic E-state index is 0.312. The number of aliphatic hydroxyl groups excluding tert-OH is 2. The topological polar surface area (TPSA) is 49.7 Å². The Morgan fingerprint density at radius 3 is 2.38 bits per heavy atom. The first-order valence-corrected chi connectivity index (χ1v) is 4.22. The summed E-state index contributed by atoms with van der Waals surface area (Å²) in [5.74, 6) is 0. The molecule has 0 aliphatic heterocycles. The highest BCUT2D eigenvalue weighted by Gasteiger charge is 2.10. The van der Waals surface area contributed by atoms with Gasteiger partial charge in [-0.15, -0.1) is 0 Å². The van der Waals surface area contributed by atoms with Gasteiger partial charge in [0.15, 0.2) is 6.29 Å². The van der Waals surface area contributed by atoms with Crippen LogP contribution in [0.2, 0.25) is 0 Å². The van der Waals surface area contributed by atoms with Crippen molar-refractivity contribution in [2.45, 2.75) is 25.9 Å². The van der Waals surface area contributed by atoms with Crippen molar-refractivity contribution in [2.24, 2.45) is 0 Å². The second-order valence-corrected chi connectivity index (χ2v) is 2.93. The number of aliphatic hydroxyl groups is 2. The monoisotopic (exact) mass is 182 g/mol. The molecular weight excluding hydrogens is 168 g/mol. The Kier molecular flexibility index (Phi) is 3.89. The first-order chi connectivity index (χ1) is 6.20. The van der Waals surface area contributed by atoms with Gasteiger partial charge in [-0.05, 0) is 12.5 Å². The first kappa shape index (κ1) is 10.2. The van der Waals surface area contributed by atoms with Crippen molar-refractivity contribution in [2.75, 3.05) is 0 Å². The summed E-state index contributed by atoms with van der Waals surface area (Å²) < 4.78 is 5.00. The molecule has 0 spiro atoms. The first-order valence-electron chi connectivity index (χ1n) is 4.22. The lowest BCUT2D eigenvalue weighted by atomic mass is 10.2. The molecule has 0 saturated carbocycles. The molecule has 0 aliphatic carbocycles. The summed E-state index contributed by atoms with van der Waals surface area (Å²) >= 11 is 0. The third kappa shape index (κ3) is 3.55. The van der Waals surface area contributed by atoms with E-state index in [0.29, 0.717) is 6.61 Å². The van der Waals surface area contributed by atoms with Crippen LogP contribution in [0.25, 0.3) is 0 Å². The Hall–Kier alpha value is -0.900. The number of benzene rings is 1. The largest absolute Gasteiger partial charge is 0.388 e. The number of rotatable bonds is 4. The molecule has 2 atom stereocenters. The van der Waals surface area contributed by atoms with Crippen molar-refractivity contribution in [3.8, 4) is 0 Å². The summed E-state index contributed by atoms with van der Waals surface area (Å²) in [5, 5.41) is 18.0. The molecule has 1 rings (SSSR count). The summed E-state index contributed by atoms with van der Waals surface area (Å²) in [6.07, 6.45) is -1.97. The molecule has 0 fully saturated rings. The van der Waals surface area contributed by atoms with Gasteiger partial charge < -0.3 is 14.9 Å². The average Bonchev–Trinajstić information content (AvgIpc) is 2.15. The molecule has 0 bridgehead atoms. The van der Waals surface area contributed by atoms with Gasteiger partial charge in [0.2, 0.25) is 0 Å². The standard InChI is InChI=1S/C10H14O3/c1-8(11)10(12)13-7-9-5-3-2-4-6-9/h2-6,8,10-12H,7H2,1H3/t8-,10+/m0/s1. The van der Waals surface area contributed by atoms with Crippen molar-refractivity contribution >= 4 is 0 Å². The predicted octanol–water partition coefficient (Wildman–Crippen LogP) is 0.902. The molecule has 0 radical (unpaired) electrons. The van der Waals surface area contributed by atoms with Crippen LogP contribution in [0.15, 0.2) is 30.3 Å². The van der Waals surface area contributed by atoms with E-state index in [0.717, 1.165) is 5.56 Å². The fraction of sp³-hybridized carbons (Fsp3) is 0.400. The molecule has 1 aromatic carbocycles. The number of hydrogen-bond acceptors (Lipinski definition) is 3. The van der Waals surface area contributed by atoms with Crippen LogP contribution in [0.3, 0.4) is 0 Å². The summed E-state index contributed by atoms with van der Waals surface area (Å²) in [5.41, 5.74) is 0.974. The maximum absolute atomic E-state index is 9.12. The zero-order valence-corrected chi connectivity index (χ0v) is 7.55. The summed E-state index contributed by atoms with van der Waals surface area (Å²) in [7, 11) is 0. The van der Waals surface area contributed by atoms with Gasteiger partial charge in [-0.3, -0.25) is 0 Å². The Labute approximate surface area is 77.6 Å². The van der Waals surface area contributed by atoms with Crippen LogP contribution in [0.1, 0.15) is 12.5 Å². The van der Waals surface area contributed by atoms with Crippen LogP contribution in [-0.2, 0) is 11.3 Å². The van der Waals surface area contributed by atoms with Crippen LogP contribution in [-0.4, -0.2) is 22.6 Å². The van der Waals surface area contributed by atoms with E-state index in [-0.39, 0.29) is 0 Å². The van der Waals surface area contributed by atoms with E-state index in [2.05, 4.69) is 0 Å². The Bertz CT molecular complexity index is 233. The Morgan fingerprint density at radius 1 is 1.23 bits per heavy atom. The molecule has 0 aliphatic rings. The smallest absolute Gasteiger partial charge is 0.180 e. The minimum atomic E-state index is -1.11. The van der Waals surface area contributed by atoms with Gasteiger partial charge in [-0.1, -0.05) is 30.3 Å². The minimum Gasteiger partial charge on any atom is -0.388 e. The van der Waals surface area contributed by atoms with E-state index in [4.69, 9.17) is 14.9 Å². The average molecular weight is 182 g/mol. The molecule has 0 amide bonds. The van der Waals surface area contributed by atoms with Crippen LogP contribution in [0.4, 0.5) is 0 Å². The van der Waals surface area contributed by atoms with Gasteiger partial charge in [0, 0.05) is 0 Å². The Morgan fingerprint density at radius 2 is 1.85 bits per heavy atom. The molecule has 2 N–H and O–H groups in total. The van der Waals surface area contributed by atoms with Gasteiger partial charge in [0.25, 0.3) is 0 Å². The van der Waals surface area contributed by atoms with Crippen LogP contribution in [0, 0.1) is 0 Å². The fourth-order valence-corrected chi connectivity index (χ4v) is 0.895. The van der Waals surface area contributed by atoms with Gasteiger partial charge in [0.1, 0.15) is 6.10 Å². The normalized spacial score (nSPS) is 15.3. The van der Waals surface area contributed by atoms with Crippen molar-refractivity contribution in [3.05, 3.63) is 35.9 Å². The molecule has 3 heteroatoms. The van der Waals surface area contributed by atoms with Gasteiger partial charge in [0.05, 0.1) is 6.61 Å². The van der Waals surface area contributed by atoms with E-state index >= 15 is 0 Å². The molecule has 0 heterocycles. The molecular formula is C10H14O3. The van der Waals surface area contributed by atoms with E-state index in [1.807, 2.05) is 30.3 Å². The molecule has 72 valence electrons. The lowest BCUT2D eigenvalue weighted by Gasteiger charge is -2.14. The lowest BCUT2D eigenvalue weighted by Crippen LogP contribution is -2.25. The fourth-order valence-electron chi connectivity index (χ4n) is 0.895. The second-order valence-electron chi connectivity index (χ2n) is 2.93. The van der Waals surface area contributed by atoms with Crippen molar-refractivity contribution in [3.63, 3.8) is 0 Å². The molecule has 0 saturated heterocycles. The Balaban J connectivity index is 2.35. The summed E-state index contributed by atoms with van der Waals surface area (Å²) in [6.45, 7) is 1.79. The van der Waals surface area contributed by atoms with Gasteiger partial charge in [-0.2, -0.15) is 0 Å². The molecule has 1 aromatic rings. The van der Waals surface area contributed by atoms with E-state index in [9.17, 15) is 0 Å². The summed E-state index contributed by atoms with van der Waals surface area (Å²) in [4.78, 5) is 0. The quantitative estimate of drug-likeness (QED) is 0.680. The third-order valence-electron chi connectivity index (χ3n) is 1.68. The highest BCUT2D eigenvalue weighted by molar-refractivity contribution is 5.13. The zero-order valence-electron chi connectivity index (χ0n) is 7.55. The lowest BCUT2D eigenvalue weighted by molar-refractivity contribution is -0.162. The molecule has 13 heavy (non-hydrogen) atoms. The SMILES string of the molecule is C[C@H](O)[C@H](O)OCc1ccccc1. The maximum atomic E-state index is 9.12. The molecule has 3 nitrogen and oxygen atoms in total. The predicted molar refractivity (Wildman–Crippen MR) is 48.9 cm³/mol. The van der Waals surface area contributed by atoms with Crippen molar-refractivity contribution in [1.29, 1.82) is 0 Å².